The van der Waals surface area contributed by atoms with Gasteiger partial charge in [-0.1, -0.05) is 45.4 Å². The summed E-state index contributed by atoms with van der Waals surface area (Å²) in [4.78, 5) is 78.3. The zero-order valence-corrected chi connectivity index (χ0v) is 36.8. The first-order valence-electron chi connectivity index (χ1n) is 21.7. The number of hydrogen-bond acceptors (Lipinski definition) is 11. The molecule has 5 amide bonds. The van der Waals surface area contributed by atoms with Gasteiger partial charge in [-0.3, -0.25) is 19.2 Å². The van der Waals surface area contributed by atoms with Crippen LogP contribution in [-0.4, -0.2) is 127 Å². The second-order valence-electron chi connectivity index (χ2n) is 18.2. The summed E-state index contributed by atoms with van der Waals surface area (Å²) in [5.41, 5.74) is -0.520. The number of Topliss-reactive ketones (excluding diaryl/α,β-unsaturated/α-hetero) is 1. The van der Waals surface area contributed by atoms with Gasteiger partial charge < -0.3 is 50.2 Å². The maximum atomic E-state index is 17.8. The third-order valence-electron chi connectivity index (χ3n) is 14.1. The fourth-order valence-electron chi connectivity index (χ4n) is 10.7. The number of aliphatic hydroxyl groups is 1. The zero-order chi connectivity index (χ0) is 46.1. The molecule has 3 saturated carbocycles. The minimum absolute atomic E-state index is 0.00848. The van der Waals surface area contributed by atoms with Crippen LogP contribution in [0, 0.1) is 28.6 Å². The van der Waals surface area contributed by atoms with Gasteiger partial charge in [-0.2, -0.15) is 0 Å². The highest BCUT2D eigenvalue weighted by molar-refractivity contribution is 6.01. The van der Waals surface area contributed by atoms with Crippen molar-refractivity contribution >= 4 is 41.2 Å². The highest BCUT2D eigenvalue weighted by Crippen LogP contribution is 2.72. The number of ether oxygens (including phenoxy) is 4. The average molecular weight is 886 g/mol. The minimum atomic E-state index is -2.34. The van der Waals surface area contributed by atoms with E-state index in [0.29, 0.717) is 43.5 Å². The van der Waals surface area contributed by atoms with Gasteiger partial charge in [-0.15, -0.1) is 0 Å². The smallest absolute Gasteiger partial charge is 0.410 e. The van der Waals surface area contributed by atoms with Crippen LogP contribution in [0.15, 0.2) is 48.1 Å². The molecule has 1 heterocycles. The van der Waals surface area contributed by atoms with Gasteiger partial charge >= 0.3 is 12.1 Å². The fraction of sp³-hybridized carbons (Fsp3) is 0.644. The van der Waals surface area contributed by atoms with Gasteiger partial charge in [0, 0.05) is 49.0 Å². The molecule has 5 N–H and O–H groups in total. The summed E-state index contributed by atoms with van der Waals surface area (Å²) in [6.07, 6.45) is 0.109. The summed E-state index contributed by atoms with van der Waals surface area (Å²) in [6, 6.07) is 6.11. The van der Waals surface area contributed by atoms with Crippen molar-refractivity contribution in [3.8, 4) is 0 Å². The van der Waals surface area contributed by atoms with E-state index in [1.165, 1.54) is 38.1 Å². The third-order valence-corrected chi connectivity index (χ3v) is 14.1. The number of carbonyl (C=O) groups excluding carboxylic acids is 6. The Morgan fingerprint density at radius 2 is 1.79 bits per heavy atom. The molecular weight excluding hydrogens is 825 g/mol. The number of nitrogens with one attached hydrogen (secondary N) is 2. The number of aliphatic hydroxyl groups excluding tert-OH is 1. The van der Waals surface area contributed by atoms with Crippen molar-refractivity contribution in [1.29, 1.82) is 0 Å². The molecule has 0 aromatic heterocycles. The molecule has 16 nitrogen and oxygen atoms in total. The van der Waals surface area contributed by atoms with Crippen molar-refractivity contribution in [2.24, 2.45) is 34.3 Å². The third kappa shape index (κ3) is 8.87. The molecule has 6 rings (SSSR count). The number of amides is 5. The Bertz CT molecular complexity index is 2000. The first kappa shape index (κ1) is 47.7. The molecule has 1 aromatic carbocycles. The number of nitrogens with zero attached hydrogens (tertiary/aromatic N) is 2. The largest absolute Gasteiger partial charge is 0.445 e. The van der Waals surface area contributed by atoms with Crippen LogP contribution in [0.2, 0.25) is 0 Å². The van der Waals surface area contributed by atoms with Crippen LogP contribution < -0.4 is 16.4 Å². The van der Waals surface area contributed by atoms with Crippen molar-refractivity contribution in [3.63, 3.8) is 0 Å². The second-order valence-corrected chi connectivity index (χ2v) is 18.2. The molecule has 0 radical (unpaired) electrons. The van der Waals surface area contributed by atoms with Gasteiger partial charge in [0.1, 0.15) is 32.7 Å². The van der Waals surface area contributed by atoms with Crippen LogP contribution in [0.4, 0.5) is 24.1 Å². The lowest BCUT2D eigenvalue weighted by atomic mass is 9.44. The lowest BCUT2D eigenvalue weighted by Crippen LogP contribution is -2.71. The molecule has 4 fully saturated rings. The number of benzene rings is 1. The van der Waals surface area contributed by atoms with Crippen LogP contribution in [0.1, 0.15) is 78.2 Å². The van der Waals surface area contributed by atoms with E-state index in [1.807, 2.05) is 6.92 Å². The molecule has 1 unspecified atom stereocenters. The van der Waals surface area contributed by atoms with E-state index >= 15 is 8.78 Å². The lowest BCUT2D eigenvalue weighted by Gasteiger charge is -2.63. The maximum absolute atomic E-state index is 17.8. The van der Waals surface area contributed by atoms with E-state index in [2.05, 4.69) is 10.6 Å². The quantitative estimate of drug-likeness (QED) is 0.126. The molecule has 5 aliphatic rings. The number of nitrogens with two attached hydrogens (primary N) is 1. The number of primary amides is 1. The molecule has 18 heteroatoms. The Morgan fingerprint density at radius 1 is 1.08 bits per heavy atom. The van der Waals surface area contributed by atoms with Crippen LogP contribution in [0.25, 0.3) is 0 Å². The van der Waals surface area contributed by atoms with Crippen LogP contribution in [0.3, 0.4) is 0 Å². The molecule has 1 aromatic rings. The predicted molar refractivity (Wildman–Crippen MR) is 224 cm³/mol. The van der Waals surface area contributed by atoms with Gasteiger partial charge in [0.15, 0.2) is 29.1 Å². The Morgan fingerprint density at radius 3 is 2.48 bits per heavy atom. The lowest BCUT2D eigenvalue weighted by molar-refractivity contribution is -0.235. The highest BCUT2D eigenvalue weighted by Gasteiger charge is 2.80. The second kappa shape index (κ2) is 18.7. The van der Waals surface area contributed by atoms with Gasteiger partial charge in [0.05, 0.1) is 12.2 Å². The number of anilines is 1. The first-order valence-corrected chi connectivity index (χ1v) is 21.7. The van der Waals surface area contributed by atoms with E-state index in [4.69, 9.17) is 24.7 Å². The number of fused-ring (bicyclic) bond motifs is 7. The van der Waals surface area contributed by atoms with Gasteiger partial charge in [-0.05, 0) is 86.8 Å². The van der Waals surface area contributed by atoms with Gasteiger partial charge in [0.2, 0.25) is 11.8 Å². The molecule has 1 saturated heterocycles. The number of rotatable bonds is 17. The molecule has 63 heavy (non-hydrogen) atoms. The standard InChI is InChI=1S/C45H61F2N5O11/c1-7-9-38-62-36-20-30-31-19-33(46)32-18-29(53)15-16-42(32,3)44(31,47)34(54)21-43(30,4)45(36,63-38)35(55)24-60-25-52(6)37(56)22-51(5)41(59)61-23-27-11-13-28(14-12-27)50-39(57)26(2)10-8-17-49-40(48)58/h11-16,18,26,30-31,33-34,36,38,54H,7-10,17,19-25H2,1-6H3,(H,50,57)(H3,48,49,58)/t26-,30-,31-,33-,34-,36+,38?,42-,43-,44-,45+/m0/s1. The maximum Gasteiger partial charge on any atom is 0.410 e. The molecular formula is C45H61F2N5O11. The summed E-state index contributed by atoms with van der Waals surface area (Å²) >= 11 is 0. The van der Waals surface area contributed by atoms with Crippen LogP contribution >= 0.6 is 0 Å². The Hall–Kier alpha value is -4.78. The van der Waals surface area contributed by atoms with E-state index in [1.54, 1.807) is 38.1 Å². The van der Waals surface area contributed by atoms with Crippen molar-refractivity contribution in [1.82, 2.24) is 15.1 Å². The number of alkyl halides is 2. The van der Waals surface area contributed by atoms with Gasteiger partial charge in [-0.25, -0.2) is 18.4 Å². The molecule has 4 aliphatic carbocycles. The summed E-state index contributed by atoms with van der Waals surface area (Å²) in [5, 5.41) is 17.1. The van der Waals surface area contributed by atoms with Crippen molar-refractivity contribution in [2.75, 3.05) is 45.8 Å². The van der Waals surface area contributed by atoms with E-state index < -0.39 is 94.8 Å². The molecule has 346 valence electrons. The van der Waals surface area contributed by atoms with Crippen molar-refractivity contribution in [2.45, 2.75) is 115 Å². The monoisotopic (exact) mass is 885 g/mol. The molecule has 0 bridgehead atoms. The zero-order valence-electron chi connectivity index (χ0n) is 36.8. The Labute approximate surface area is 366 Å². The number of allylic oxidation sites excluding steroid dienone is 4. The number of hydrogen-bond donors (Lipinski definition) is 4. The topological polar surface area (TPSA) is 216 Å². The average Bonchev–Trinajstić information content (AvgIpc) is 3.72. The minimum Gasteiger partial charge on any atom is -0.445 e. The first-order chi connectivity index (χ1) is 29.7. The van der Waals surface area contributed by atoms with Crippen molar-refractivity contribution in [3.05, 3.63) is 53.6 Å². The van der Waals surface area contributed by atoms with Crippen LogP contribution in [-0.2, 0) is 44.7 Å². The summed E-state index contributed by atoms with van der Waals surface area (Å²) in [6.45, 7) is 6.08. The van der Waals surface area contributed by atoms with Crippen molar-refractivity contribution < 1.29 is 61.6 Å². The summed E-state index contributed by atoms with van der Waals surface area (Å²) in [5.74, 6) is -3.62. The number of ketones is 2. The number of likely N-dealkylation sites (N-methyl/N-ethyl adjacent to an activating group) is 2. The highest BCUT2D eigenvalue weighted by atomic mass is 19.1. The molecule has 0 spiro atoms. The van der Waals surface area contributed by atoms with E-state index in [0.717, 1.165) is 11.0 Å². The SMILES string of the molecule is CCCC1O[C@@H]2C[C@H]3[C@@H]4C[C@H](F)C5=CC(=O)C=C[C@]5(C)[C@@]4(F)[C@@H](O)C[C@]3(C)[C@]2(C(=O)COCN(C)C(=O)CN(C)C(=O)OCc2ccc(NC(=O)[C@@H](C)CCCNC(N)=O)cc2)O1. The summed E-state index contributed by atoms with van der Waals surface area (Å²) in [7, 11) is 2.84. The number of carbonyl (C=O) groups is 6. The Balaban J connectivity index is 1.02. The summed E-state index contributed by atoms with van der Waals surface area (Å²) < 4.78 is 57.9. The number of urea groups is 1. The van der Waals surface area contributed by atoms with Crippen LogP contribution in [0.5, 0.6) is 0 Å². The van der Waals surface area contributed by atoms with E-state index in [9.17, 15) is 33.9 Å². The molecule has 1 aliphatic heterocycles. The fourth-order valence-corrected chi connectivity index (χ4v) is 10.7. The van der Waals surface area contributed by atoms with Gasteiger partial charge in [0.25, 0.3) is 0 Å². The normalized spacial score (nSPS) is 33.2. The van der Waals surface area contributed by atoms with E-state index in [-0.39, 0.29) is 56.5 Å². The number of halogens is 2. The molecule has 11 atom stereocenters. The Kier molecular flexibility index (Phi) is 14.2. The predicted octanol–water partition coefficient (Wildman–Crippen LogP) is 4.49.